The van der Waals surface area contributed by atoms with Gasteiger partial charge in [0.05, 0.1) is 17.2 Å². The summed E-state index contributed by atoms with van der Waals surface area (Å²) in [5.41, 5.74) is 1.58. The van der Waals surface area contributed by atoms with E-state index >= 15 is 0 Å². The van der Waals surface area contributed by atoms with Gasteiger partial charge in [0.25, 0.3) is 10.0 Å². The minimum atomic E-state index is -3.99. The molecule has 0 radical (unpaired) electrons. The number of amides is 1. The highest BCUT2D eigenvalue weighted by atomic mass is 32.2. The highest BCUT2D eigenvalue weighted by Crippen LogP contribution is 2.43. The Kier molecular flexibility index (Phi) is 5.17. The molecular weight excluding hydrogens is 407 g/mol. The molecule has 154 valence electrons. The van der Waals surface area contributed by atoms with Crippen LogP contribution in [0.2, 0.25) is 0 Å². The molecule has 3 aromatic carbocycles. The Morgan fingerprint density at radius 3 is 2.63 bits per heavy atom. The minimum absolute atomic E-state index is 0.0363. The van der Waals surface area contributed by atoms with Crippen LogP contribution in [0.1, 0.15) is 6.92 Å². The van der Waals surface area contributed by atoms with Crippen molar-refractivity contribution in [1.82, 2.24) is 0 Å². The van der Waals surface area contributed by atoms with E-state index in [2.05, 4.69) is 5.32 Å². The summed E-state index contributed by atoms with van der Waals surface area (Å²) >= 11 is 0. The van der Waals surface area contributed by atoms with Gasteiger partial charge in [0.15, 0.2) is 0 Å². The van der Waals surface area contributed by atoms with Gasteiger partial charge < -0.3 is 10.1 Å². The lowest BCUT2D eigenvalue weighted by Gasteiger charge is -2.31. The first kappa shape index (κ1) is 19.9. The van der Waals surface area contributed by atoms with Crippen molar-refractivity contribution in [1.29, 1.82) is 0 Å². The summed E-state index contributed by atoms with van der Waals surface area (Å²) < 4.78 is 46.7. The van der Waals surface area contributed by atoms with E-state index in [1.807, 2.05) is 6.92 Å². The summed E-state index contributed by atoms with van der Waals surface area (Å²) in [4.78, 5) is 12.7. The van der Waals surface area contributed by atoms with Crippen molar-refractivity contribution < 1.29 is 22.3 Å². The standard InChI is InChI=1S/C22H19FN2O4S/c1-2-29-17-7-5-6-16(13-17)24-22(26)14-25-20-11-10-15(23)12-19(20)18-8-3-4-9-21(18)30(25,27)28/h3-13H,2,14H2,1H3,(H,24,26). The number of benzene rings is 3. The number of ether oxygens (including phenoxy) is 1. The van der Waals surface area contributed by atoms with Gasteiger partial charge in [-0.1, -0.05) is 24.3 Å². The van der Waals surface area contributed by atoms with Gasteiger partial charge in [0.1, 0.15) is 18.1 Å². The summed E-state index contributed by atoms with van der Waals surface area (Å²) in [6, 6.07) is 17.0. The second-order valence-corrected chi connectivity index (χ2v) is 8.51. The molecule has 0 aromatic heterocycles. The van der Waals surface area contributed by atoms with E-state index in [-0.39, 0.29) is 10.6 Å². The molecule has 0 atom stereocenters. The zero-order valence-corrected chi connectivity index (χ0v) is 16.9. The molecule has 0 fully saturated rings. The third-order valence-corrected chi connectivity index (χ3v) is 6.51. The molecule has 0 saturated carbocycles. The zero-order valence-electron chi connectivity index (χ0n) is 16.1. The predicted molar refractivity (Wildman–Crippen MR) is 113 cm³/mol. The molecule has 30 heavy (non-hydrogen) atoms. The maximum atomic E-state index is 13.9. The monoisotopic (exact) mass is 426 g/mol. The van der Waals surface area contributed by atoms with Crippen molar-refractivity contribution in [2.45, 2.75) is 11.8 Å². The molecule has 1 aliphatic heterocycles. The van der Waals surface area contributed by atoms with Crippen molar-refractivity contribution >= 4 is 27.3 Å². The molecule has 1 heterocycles. The number of halogens is 1. The smallest absolute Gasteiger partial charge is 0.265 e. The fourth-order valence-corrected chi connectivity index (χ4v) is 5.08. The maximum Gasteiger partial charge on any atom is 0.265 e. The predicted octanol–water partition coefficient (Wildman–Crippen LogP) is 4.04. The second kappa shape index (κ2) is 7.79. The number of rotatable bonds is 5. The zero-order chi connectivity index (χ0) is 21.3. The van der Waals surface area contributed by atoms with Crippen LogP contribution in [0.4, 0.5) is 15.8 Å². The average Bonchev–Trinajstić information content (AvgIpc) is 2.72. The first-order chi connectivity index (χ1) is 14.4. The molecule has 0 aliphatic carbocycles. The number of nitrogens with one attached hydrogen (secondary N) is 1. The van der Waals surface area contributed by atoms with E-state index in [0.717, 1.165) is 4.31 Å². The molecule has 0 bridgehead atoms. The van der Waals surface area contributed by atoms with Crippen molar-refractivity contribution in [3.63, 3.8) is 0 Å². The van der Waals surface area contributed by atoms with Gasteiger partial charge in [-0.3, -0.25) is 9.10 Å². The largest absolute Gasteiger partial charge is 0.494 e. The normalized spacial score (nSPS) is 13.9. The third kappa shape index (κ3) is 3.61. The molecule has 4 rings (SSSR count). The Labute approximate surface area is 174 Å². The van der Waals surface area contributed by atoms with Gasteiger partial charge in [-0.25, -0.2) is 12.8 Å². The molecular formula is C22H19FN2O4S. The van der Waals surface area contributed by atoms with Gasteiger partial charge in [0, 0.05) is 22.9 Å². The first-order valence-corrected chi connectivity index (χ1v) is 10.8. The molecule has 6 nitrogen and oxygen atoms in total. The van der Waals surface area contributed by atoms with E-state index in [4.69, 9.17) is 4.74 Å². The summed E-state index contributed by atoms with van der Waals surface area (Å²) in [5.74, 6) is -0.419. The molecule has 0 saturated heterocycles. The molecule has 0 spiro atoms. The van der Waals surface area contributed by atoms with Gasteiger partial charge in [-0.2, -0.15) is 0 Å². The second-order valence-electron chi connectivity index (χ2n) is 6.68. The van der Waals surface area contributed by atoms with Gasteiger partial charge in [-0.05, 0) is 43.3 Å². The lowest BCUT2D eigenvalue weighted by atomic mass is 10.0. The van der Waals surface area contributed by atoms with Gasteiger partial charge in [0.2, 0.25) is 5.91 Å². The molecule has 1 N–H and O–H groups in total. The lowest BCUT2D eigenvalue weighted by Crippen LogP contribution is -2.40. The van der Waals surface area contributed by atoms with Crippen LogP contribution < -0.4 is 14.4 Å². The Bertz CT molecular complexity index is 1230. The van der Waals surface area contributed by atoms with Crippen LogP contribution >= 0.6 is 0 Å². The van der Waals surface area contributed by atoms with Crippen LogP contribution in [0.3, 0.4) is 0 Å². The highest BCUT2D eigenvalue weighted by molar-refractivity contribution is 7.93. The summed E-state index contributed by atoms with van der Waals surface area (Å²) in [6.45, 7) is 1.88. The third-order valence-electron chi connectivity index (χ3n) is 4.69. The van der Waals surface area contributed by atoms with Gasteiger partial charge in [-0.15, -0.1) is 0 Å². The Hall–Kier alpha value is -3.39. The Morgan fingerprint density at radius 2 is 1.83 bits per heavy atom. The van der Waals surface area contributed by atoms with Crippen LogP contribution in [0, 0.1) is 5.82 Å². The topological polar surface area (TPSA) is 75.7 Å². The van der Waals surface area contributed by atoms with Crippen LogP contribution in [0.5, 0.6) is 5.75 Å². The number of sulfonamides is 1. The summed E-state index contributed by atoms with van der Waals surface area (Å²) in [6.07, 6.45) is 0. The van der Waals surface area contributed by atoms with Crippen LogP contribution in [-0.4, -0.2) is 27.5 Å². The Morgan fingerprint density at radius 1 is 1.03 bits per heavy atom. The van der Waals surface area contributed by atoms with E-state index in [1.165, 1.54) is 24.3 Å². The lowest BCUT2D eigenvalue weighted by molar-refractivity contribution is -0.114. The average molecular weight is 426 g/mol. The van der Waals surface area contributed by atoms with E-state index in [1.54, 1.807) is 42.5 Å². The summed E-state index contributed by atoms with van der Waals surface area (Å²) in [7, 11) is -3.99. The number of fused-ring (bicyclic) bond motifs is 3. The van der Waals surface area contributed by atoms with Crippen LogP contribution in [0.25, 0.3) is 11.1 Å². The van der Waals surface area contributed by atoms with Crippen molar-refractivity contribution in [2.24, 2.45) is 0 Å². The molecule has 8 heteroatoms. The maximum absolute atomic E-state index is 13.9. The molecule has 1 aliphatic rings. The number of hydrogen-bond acceptors (Lipinski definition) is 4. The quantitative estimate of drug-likeness (QED) is 0.668. The first-order valence-electron chi connectivity index (χ1n) is 9.34. The molecule has 1 amide bonds. The number of hydrogen-bond donors (Lipinski definition) is 1. The van der Waals surface area contributed by atoms with Crippen molar-refractivity contribution in [2.75, 3.05) is 22.8 Å². The van der Waals surface area contributed by atoms with Crippen molar-refractivity contribution in [3.8, 4) is 16.9 Å². The summed E-state index contributed by atoms with van der Waals surface area (Å²) in [5, 5.41) is 2.69. The fraction of sp³-hybridized carbons (Fsp3) is 0.136. The SMILES string of the molecule is CCOc1cccc(NC(=O)CN2c3ccc(F)cc3-c3ccccc3S2(=O)=O)c1. The fourth-order valence-electron chi connectivity index (χ4n) is 3.44. The van der Waals surface area contributed by atoms with Crippen LogP contribution in [0.15, 0.2) is 71.6 Å². The molecule has 0 unspecified atom stereocenters. The highest BCUT2D eigenvalue weighted by Gasteiger charge is 2.36. The number of carbonyl (C=O) groups is 1. The number of nitrogens with zero attached hydrogens (tertiary/aromatic N) is 1. The number of anilines is 2. The minimum Gasteiger partial charge on any atom is -0.494 e. The molecule has 3 aromatic rings. The van der Waals surface area contributed by atoms with Crippen LogP contribution in [-0.2, 0) is 14.8 Å². The Balaban J connectivity index is 1.67. The van der Waals surface area contributed by atoms with E-state index in [9.17, 15) is 17.6 Å². The number of carbonyl (C=O) groups excluding carboxylic acids is 1. The van der Waals surface area contributed by atoms with Gasteiger partial charge >= 0.3 is 0 Å². The van der Waals surface area contributed by atoms with E-state index < -0.39 is 28.3 Å². The van der Waals surface area contributed by atoms with E-state index in [0.29, 0.717) is 29.2 Å². The van der Waals surface area contributed by atoms with Crippen molar-refractivity contribution in [3.05, 3.63) is 72.5 Å².